The third-order valence-electron chi connectivity index (χ3n) is 6.11. The summed E-state index contributed by atoms with van der Waals surface area (Å²) in [7, 11) is 1.80. The van der Waals surface area contributed by atoms with Crippen LogP contribution in [0.1, 0.15) is 50.8 Å². The van der Waals surface area contributed by atoms with Gasteiger partial charge in [-0.15, -0.1) is 0 Å². The molecule has 0 bridgehead atoms. The first kappa shape index (κ1) is 22.1. The van der Waals surface area contributed by atoms with Crippen LogP contribution in [0.3, 0.4) is 0 Å². The summed E-state index contributed by atoms with van der Waals surface area (Å²) in [5, 5.41) is 6.92. The molecule has 0 saturated carbocycles. The van der Waals surface area contributed by atoms with Crippen LogP contribution in [0.5, 0.6) is 0 Å². The number of hydrogen-bond donors (Lipinski definition) is 2. The number of nitrogens with zero attached hydrogens (tertiary/aromatic N) is 4. The second-order valence-corrected chi connectivity index (χ2v) is 8.16. The molecular weight excluding hydrogens is 376 g/mol. The Morgan fingerprint density at radius 1 is 1.30 bits per heavy atom. The molecule has 7 nitrogen and oxygen atoms in total. The van der Waals surface area contributed by atoms with Crippen molar-refractivity contribution in [1.29, 1.82) is 0 Å². The van der Waals surface area contributed by atoms with E-state index in [1.807, 2.05) is 17.2 Å². The molecule has 0 spiro atoms. The lowest BCUT2D eigenvalue weighted by Crippen LogP contribution is -2.50. The van der Waals surface area contributed by atoms with Crippen LogP contribution in [0.25, 0.3) is 5.65 Å². The number of imidazole rings is 1. The molecule has 7 heteroatoms. The van der Waals surface area contributed by atoms with E-state index in [1.54, 1.807) is 7.05 Å². The van der Waals surface area contributed by atoms with Gasteiger partial charge in [0.1, 0.15) is 5.65 Å². The van der Waals surface area contributed by atoms with Gasteiger partial charge in [0, 0.05) is 57.5 Å². The molecule has 0 radical (unpaired) electrons. The van der Waals surface area contributed by atoms with Crippen LogP contribution in [-0.2, 0) is 11.2 Å². The highest BCUT2D eigenvalue weighted by Crippen LogP contribution is 2.17. The number of piperidine rings is 1. The molecule has 3 rings (SSSR count). The van der Waals surface area contributed by atoms with Crippen molar-refractivity contribution in [2.45, 2.75) is 58.9 Å². The highest BCUT2D eigenvalue weighted by Gasteiger charge is 2.26. The average Bonchev–Trinajstić information content (AvgIpc) is 3.18. The van der Waals surface area contributed by atoms with Gasteiger partial charge in [-0.05, 0) is 44.2 Å². The highest BCUT2D eigenvalue weighted by molar-refractivity contribution is 5.80. The normalized spacial score (nSPS) is 15.8. The molecule has 2 aromatic heterocycles. The van der Waals surface area contributed by atoms with Gasteiger partial charge in [-0.3, -0.25) is 9.79 Å². The Morgan fingerprint density at radius 3 is 2.67 bits per heavy atom. The van der Waals surface area contributed by atoms with Crippen LogP contribution in [0.4, 0.5) is 0 Å². The maximum atomic E-state index is 12.6. The summed E-state index contributed by atoms with van der Waals surface area (Å²) in [4.78, 5) is 23.7. The molecule has 2 aromatic rings. The minimum absolute atomic E-state index is 0.173. The van der Waals surface area contributed by atoms with E-state index < -0.39 is 0 Å². The Kier molecular flexibility index (Phi) is 7.71. The monoisotopic (exact) mass is 412 g/mol. The number of guanidine groups is 1. The summed E-state index contributed by atoms with van der Waals surface area (Å²) in [5.41, 5.74) is 3.27. The Labute approximate surface area is 180 Å². The number of amides is 1. The predicted molar refractivity (Wildman–Crippen MR) is 122 cm³/mol. The van der Waals surface area contributed by atoms with Gasteiger partial charge in [-0.2, -0.15) is 0 Å². The van der Waals surface area contributed by atoms with Crippen LogP contribution in [0.2, 0.25) is 0 Å². The molecule has 1 aliphatic heterocycles. The number of aromatic nitrogens is 2. The topological polar surface area (TPSA) is 74.0 Å². The Morgan fingerprint density at radius 2 is 2.03 bits per heavy atom. The number of hydrogen-bond acceptors (Lipinski definition) is 3. The molecule has 30 heavy (non-hydrogen) atoms. The maximum Gasteiger partial charge on any atom is 0.225 e. The first-order valence-electron chi connectivity index (χ1n) is 11.2. The summed E-state index contributed by atoms with van der Waals surface area (Å²) in [5.74, 6) is 1.32. The molecule has 1 aliphatic rings. The molecule has 0 unspecified atom stereocenters. The fourth-order valence-electron chi connectivity index (χ4n) is 4.16. The van der Waals surface area contributed by atoms with Crippen molar-refractivity contribution >= 4 is 17.5 Å². The van der Waals surface area contributed by atoms with Crippen molar-refractivity contribution in [2.75, 3.05) is 26.7 Å². The average molecular weight is 413 g/mol. The number of rotatable bonds is 7. The van der Waals surface area contributed by atoms with Crippen molar-refractivity contribution in [3.8, 4) is 0 Å². The molecule has 2 N–H and O–H groups in total. The minimum Gasteiger partial charge on any atom is -0.356 e. The van der Waals surface area contributed by atoms with Crippen LogP contribution in [0.15, 0.2) is 29.5 Å². The van der Waals surface area contributed by atoms with Gasteiger partial charge in [-0.25, -0.2) is 4.98 Å². The fourth-order valence-corrected chi connectivity index (χ4v) is 4.16. The number of pyridine rings is 1. The van der Waals surface area contributed by atoms with Gasteiger partial charge in [0.05, 0.1) is 5.69 Å². The molecule has 164 valence electrons. The van der Waals surface area contributed by atoms with E-state index >= 15 is 0 Å². The zero-order valence-electron chi connectivity index (χ0n) is 18.8. The molecule has 0 aromatic carbocycles. The molecular formula is C23H36N6O. The van der Waals surface area contributed by atoms with Gasteiger partial charge in [0.25, 0.3) is 0 Å². The van der Waals surface area contributed by atoms with E-state index in [0.29, 0.717) is 11.9 Å². The van der Waals surface area contributed by atoms with Crippen molar-refractivity contribution in [1.82, 2.24) is 24.9 Å². The van der Waals surface area contributed by atoms with E-state index in [1.165, 1.54) is 5.56 Å². The quantitative estimate of drug-likeness (QED) is 0.542. The summed E-state index contributed by atoms with van der Waals surface area (Å²) >= 11 is 0. The number of likely N-dealkylation sites (tertiary alicyclic amines) is 1. The van der Waals surface area contributed by atoms with Gasteiger partial charge in [-0.1, -0.05) is 19.9 Å². The van der Waals surface area contributed by atoms with E-state index in [9.17, 15) is 4.79 Å². The first-order valence-corrected chi connectivity index (χ1v) is 11.2. The summed E-state index contributed by atoms with van der Waals surface area (Å²) in [6.45, 7) is 8.70. The largest absolute Gasteiger partial charge is 0.356 e. The lowest BCUT2D eigenvalue weighted by atomic mass is 9.98. The number of nitrogens with one attached hydrogen (secondary N) is 2. The number of carbonyl (C=O) groups is 1. The number of aryl methyl sites for hydroxylation is 1. The standard InChI is InChI=1S/C23H36N6O/c1-5-18(6-2)22(30)28-14-10-19(11-15-28)27-23(24-4)25-12-9-20-16-29-13-7-8-17(3)21(29)26-20/h7-8,13,16,18-19H,5-6,9-12,14-15H2,1-4H3,(H2,24,25,27). The van der Waals surface area contributed by atoms with Crippen molar-refractivity contribution in [3.05, 3.63) is 35.8 Å². The molecule has 1 amide bonds. The lowest BCUT2D eigenvalue weighted by molar-refractivity contribution is -0.136. The zero-order valence-corrected chi connectivity index (χ0v) is 18.8. The molecule has 0 aliphatic carbocycles. The van der Waals surface area contributed by atoms with Crippen LogP contribution in [0, 0.1) is 12.8 Å². The van der Waals surface area contributed by atoms with E-state index in [-0.39, 0.29) is 5.92 Å². The number of carbonyl (C=O) groups excluding carboxylic acids is 1. The summed E-state index contributed by atoms with van der Waals surface area (Å²) < 4.78 is 2.08. The van der Waals surface area contributed by atoms with E-state index in [2.05, 4.69) is 53.1 Å². The van der Waals surface area contributed by atoms with Gasteiger partial charge < -0.3 is 19.9 Å². The third-order valence-corrected chi connectivity index (χ3v) is 6.11. The van der Waals surface area contributed by atoms with Gasteiger partial charge >= 0.3 is 0 Å². The minimum atomic E-state index is 0.173. The van der Waals surface area contributed by atoms with Crippen LogP contribution >= 0.6 is 0 Å². The molecule has 1 saturated heterocycles. The first-order chi connectivity index (χ1) is 14.5. The Bertz CT molecular complexity index is 862. The number of aliphatic imine (C=N–C) groups is 1. The van der Waals surface area contributed by atoms with Crippen LogP contribution in [-0.4, -0.2) is 58.9 Å². The predicted octanol–water partition coefficient (Wildman–Crippen LogP) is 2.78. The highest BCUT2D eigenvalue weighted by atomic mass is 16.2. The van der Waals surface area contributed by atoms with Crippen molar-refractivity contribution < 1.29 is 4.79 Å². The SMILES string of the molecule is CCC(CC)C(=O)N1CCC(NC(=NC)NCCc2cn3cccc(C)c3n2)CC1. The number of fused-ring (bicyclic) bond motifs is 1. The van der Waals surface area contributed by atoms with E-state index in [4.69, 9.17) is 4.98 Å². The van der Waals surface area contributed by atoms with Crippen molar-refractivity contribution in [2.24, 2.45) is 10.9 Å². The fraction of sp³-hybridized carbons (Fsp3) is 0.609. The van der Waals surface area contributed by atoms with Crippen molar-refractivity contribution in [3.63, 3.8) is 0 Å². The summed E-state index contributed by atoms with van der Waals surface area (Å²) in [6, 6.07) is 4.47. The van der Waals surface area contributed by atoms with Gasteiger partial charge in [0.2, 0.25) is 5.91 Å². The summed E-state index contributed by atoms with van der Waals surface area (Å²) in [6.07, 6.45) is 8.73. The van der Waals surface area contributed by atoms with Gasteiger partial charge in [0.15, 0.2) is 5.96 Å². The van der Waals surface area contributed by atoms with Crippen LogP contribution < -0.4 is 10.6 Å². The zero-order chi connectivity index (χ0) is 21.5. The molecule has 1 fully saturated rings. The lowest BCUT2D eigenvalue weighted by Gasteiger charge is -2.34. The second kappa shape index (κ2) is 10.5. The smallest absolute Gasteiger partial charge is 0.225 e. The Hall–Kier alpha value is -2.57. The molecule has 3 heterocycles. The second-order valence-electron chi connectivity index (χ2n) is 8.16. The maximum absolute atomic E-state index is 12.6. The Balaban J connectivity index is 1.44. The molecule has 0 atom stereocenters. The van der Waals surface area contributed by atoms with E-state index in [0.717, 1.165) is 69.0 Å². The third kappa shape index (κ3) is 5.32.